The molecular weight excluding hydrogens is 364 g/mol. The zero-order valence-corrected chi connectivity index (χ0v) is 16.3. The minimum absolute atomic E-state index is 0.473. The molecular formula is C20H30N2O6. The molecule has 0 aliphatic carbocycles. The number of aliphatic hydroxyl groups excluding tert-OH is 4. The van der Waals surface area contributed by atoms with Gasteiger partial charge in [-0.1, -0.05) is 13.8 Å². The molecule has 2 heterocycles. The van der Waals surface area contributed by atoms with E-state index in [-0.39, 0.29) is 0 Å². The van der Waals surface area contributed by atoms with Gasteiger partial charge < -0.3 is 39.8 Å². The van der Waals surface area contributed by atoms with Gasteiger partial charge in [0.1, 0.15) is 30.2 Å². The van der Waals surface area contributed by atoms with Crippen molar-refractivity contribution in [3.05, 3.63) is 30.0 Å². The zero-order chi connectivity index (χ0) is 20.3. The fraction of sp³-hybridized carbons (Fsp3) is 0.600. The number of aromatic amines is 1. The Labute approximate surface area is 164 Å². The second-order valence-corrected chi connectivity index (χ2v) is 7.11. The number of hydrogen-bond acceptors (Lipinski definition) is 7. The van der Waals surface area contributed by atoms with Crippen LogP contribution in [0.1, 0.15) is 19.4 Å². The van der Waals surface area contributed by atoms with Crippen molar-refractivity contribution in [2.75, 3.05) is 26.2 Å². The summed E-state index contributed by atoms with van der Waals surface area (Å²) in [5.41, 5.74) is 2.15. The summed E-state index contributed by atoms with van der Waals surface area (Å²) < 4.78 is 11.2. The van der Waals surface area contributed by atoms with Crippen molar-refractivity contribution >= 4 is 10.9 Å². The van der Waals surface area contributed by atoms with E-state index >= 15 is 0 Å². The van der Waals surface area contributed by atoms with Crippen molar-refractivity contribution in [2.24, 2.45) is 0 Å². The number of aromatic nitrogens is 1. The number of ether oxygens (including phenoxy) is 2. The van der Waals surface area contributed by atoms with Crippen LogP contribution < -0.4 is 4.74 Å². The summed E-state index contributed by atoms with van der Waals surface area (Å²) in [6, 6.07) is 5.49. The Hall–Kier alpha value is -1.68. The second kappa shape index (κ2) is 9.21. The van der Waals surface area contributed by atoms with Crippen LogP contribution in [0.4, 0.5) is 0 Å². The van der Waals surface area contributed by atoms with E-state index in [1.54, 1.807) is 6.07 Å². The molecule has 0 radical (unpaired) electrons. The lowest BCUT2D eigenvalue weighted by Gasteiger charge is -2.39. The van der Waals surface area contributed by atoms with Crippen LogP contribution in [0.2, 0.25) is 0 Å². The molecule has 5 N–H and O–H groups in total. The average molecular weight is 394 g/mol. The highest BCUT2D eigenvalue weighted by molar-refractivity contribution is 5.84. The number of nitrogens with zero attached hydrogens (tertiary/aromatic N) is 1. The molecule has 1 aliphatic rings. The molecule has 1 aromatic carbocycles. The second-order valence-electron chi connectivity index (χ2n) is 7.11. The van der Waals surface area contributed by atoms with E-state index in [0.717, 1.165) is 37.0 Å². The van der Waals surface area contributed by atoms with Gasteiger partial charge in [-0.2, -0.15) is 0 Å². The molecule has 0 amide bonds. The van der Waals surface area contributed by atoms with Gasteiger partial charge in [-0.3, -0.25) is 0 Å². The first-order valence-electron chi connectivity index (χ1n) is 9.78. The molecule has 0 spiro atoms. The maximum Gasteiger partial charge on any atom is 0.229 e. The third-order valence-corrected chi connectivity index (χ3v) is 5.43. The molecule has 8 nitrogen and oxygen atoms in total. The van der Waals surface area contributed by atoms with Gasteiger partial charge in [0.05, 0.1) is 6.61 Å². The summed E-state index contributed by atoms with van der Waals surface area (Å²) in [6.07, 6.45) is -3.59. The lowest BCUT2D eigenvalue weighted by Crippen LogP contribution is -2.60. The van der Waals surface area contributed by atoms with Crippen LogP contribution in [0.5, 0.6) is 5.75 Å². The fourth-order valence-corrected chi connectivity index (χ4v) is 3.55. The summed E-state index contributed by atoms with van der Waals surface area (Å²) in [5.74, 6) is 0.473. The summed E-state index contributed by atoms with van der Waals surface area (Å²) in [7, 11) is 0. The third-order valence-electron chi connectivity index (χ3n) is 5.43. The van der Waals surface area contributed by atoms with Gasteiger partial charge in [-0.05, 0) is 43.3 Å². The van der Waals surface area contributed by atoms with Gasteiger partial charge >= 0.3 is 0 Å². The predicted molar refractivity (Wildman–Crippen MR) is 104 cm³/mol. The first-order valence-corrected chi connectivity index (χ1v) is 9.78. The Kier molecular flexibility index (Phi) is 6.92. The maximum atomic E-state index is 10.2. The number of rotatable bonds is 8. The molecule has 1 saturated heterocycles. The van der Waals surface area contributed by atoms with Crippen molar-refractivity contribution in [1.29, 1.82) is 0 Å². The number of fused-ring (bicyclic) bond motifs is 1. The Bertz CT molecular complexity index is 760. The highest BCUT2D eigenvalue weighted by atomic mass is 16.7. The molecule has 1 aromatic heterocycles. The highest BCUT2D eigenvalue weighted by Crippen LogP contribution is 2.28. The highest BCUT2D eigenvalue weighted by Gasteiger charge is 2.44. The number of nitrogens with one attached hydrogen (secondary N) is 1. The third kappa shape index (κ3) is 4.32. The topological polar surface area (TPSA) is 118 Å². The smallest absolute Gasteiger partial charge is 0.229 e. The molecule has 8 heteroatoms. The monoisotopic (exact) mass is 394 g/mol. The van der Waals surface area contributed by atoms with E-state index < -0.39 is 37.3 Å². The van der Waals surface area contributed by atoms with E-state index in [2.05, 4.69) is 23.7 Å². The first-order chi connectivity index (χ1) is 13.5. The molecule has 2 aromatic rings. The van der Waals surface area contributed by atoms with E-state index in [9.17, 15) is 20.4 Å². The van der Waals surface area contributed by atoms with Crippen LogP contribution in [0.15, 0.2) is 24.4 Å². The van der Waals surface area contributed by atoms with E-state index in [4.69, 9.17) is 9.47 Å². The summed E-state index contributed by atoms with van der Waals surface area (Å²) in [4.78, 5) is 5.61. The van der Waals surface area contributed by atoms with Crippen molar-refractivity contribution in [2.45, 2.75) is 51.0 Å². The Morgan fingerprint density at radius 2 is 1.86 bits per heavy atom. The fourth-order valence-electron chi connectivity index (χ4n) is 3.55. The lowest BCUT2D eigenvalue weighted by atomic mass is 9.99. The molecule has 5 atom stereocenters. The predicted octanol–water partition coefficient (Wildman–Crippen LogP) is 0.231. The minimum atomic E-state index is -1.46. The quantitative estimate of drug-likeness (QED) is 0.435. The number of hydrogen-bond donors (Lipinski definition) is 5. The summed E-state index contributed by atoms with van der Waals surface area (Å²) in [5, 5.41) is 40.3. The molecule has 1 aliphatic heterocycles. The largest absolute Gasteiger partial charge is 0.462 e. The van der Waals surface area contributed by atoms with Gasteiger partial charge in [0, 0.05) is 23.6 Å². The molecule has 1 fully saturated rings. The zero-order valence-electron chi connectivity index (χ0n) is 16.3. The number of aliphatic hydroxyl groups is 4. The van der Waals surface area contributed by atoms with Gasteiger partial charge in [0.2, 0.25) is 6.29 Å². The Balaban J connectivity index is 1.75. The van der Waals surface area contributed by atoms with Gasteiger partial charge in [0.25, 0.3) is 0 Å². The van der Waals surface area contributed by atoms with Crippen LogP contribution in [0.3, 0.4) is 0 Å². The van der Waals surface area contributed by atoms with Crippen LogP contribution in [-0.2, 0) is 11.2 Å². The standard InChI is InChI=1S/C20H30N2O6/c1-3-22(4-2)8-7-12-10-21-15-6-5-13(9-14(12)15)27-20-19(26)18(25)17(24)16(11-23)28-20/h5-6,9-10,16-21,23-26H,3-4,7-8,11H2,1-2H3. The van der Waals surface area contributed by atoms with E-state index in [0.29, 0.717) is 5.75 Å². The normalized spacial score (nSPS) is 28.2. The Morgan fingerprint density at radius 3 is 2.54 bits per heavy atom. The molecule has 0 bridgehead atoms. The van der Waals surface area contributed by atoms with Crippen LogP contribution >= 0.6 is 0 Å². The SMILES string of the molecule is CCN(CC)CCc1c[nH]c2ccc(OC3OC(CO)C(O)C(O)C3O)cc12. The van der Waals surface area contributed by atoms with Crippen molar-refractivity contribution in [3.63, 3.8) is 0 Å². The van der Waals surface area contributed by atoms with Crippen molar-refractivity contribution in [1.82, 2.24) is 9.88 Å². The average Bonchev–Trinajstić information content (AvgIpc) is 3.11. The van der Waals surface area contributed by atoms with Gasteiger partial charge in [-0.15, -0.1) is 0 Å². The number of H-pyrrole nitrogens is 1. The minimum Gasteiger partial charge on any atom is -0.462 e. The van der Waals surface area contributed by atoms with Crippen LogP contribution in [0, 0.1) is 0 Å². The van der Waals surface area contributed by atoms with Crippen LogP contribution in [-0.4, -0.2) is 87.3 Å². The van der Waals surface area contributed by atoms with Gasteiger partial charge in [0.15, 0.2) is 0 Å². The van der Waals surface area contributed by atoms with Crippen molar-refractivity contribution in [3.8, 4) is 5.75 Å². The summed E-state index contributed by atoms with van der Waals surface area (Å²) in [6.45, 7) is 6.76. The summed E-state index contributed by atoms with van der Waals surface area (Å²) >= 11 is 0. The molecule has 0 saturated carbocycles. The molecule has 3 rings (SSSR count). The lowest BCUT2D eigenvalue weighted by molar-refractivity contribution is -0.277. The van der Waals surface area contributed by atoms with Crippen LogP contribution in [0.25, 0.3) is 10.9 Å². The van der Waals surface area contributed by atoms with Gasteiger partial charge in [-0.25, -0.2) is 0 Å². The van der Waals surface area contributed by atoms with Crippen molar-refractivity contribution < 1.29 is 29.9 Å². The molecule has 156 valence electrons. The molecule has 28 heavy (non-hydrogen) atoms. The maximum absolute atomic E-state index is 10.2. The van der Waals surface area contributed by atoms with E-state index in [1.165, 1.54) is 5.56 Å². The number of likely N-dealkylation sites (N-methyl/N-ethyl adjacent to an activating group) is 1. The molecule has 5 unspecified atom stereocenters. The Morgan fingerprint density at radius 1 is 1.11 bits per heavy atom. The number of benzene rings is 1. The van der Waals surface area contributed by atoms with E-state index in [1.807, 2.05) is 18.3 Å². The first kappa shape index (κ1) is 21.0.